The fourth-order valence-electron chi connectivity index (χ4n) is 2.68. The molecule has 2 aromatic carbocycles. The quantitative estimate of drug-likeness (QED) is 0.895. The van der Waals surface area contributed by atoms with Gasteiger partial charge in [-0.05, 0) is 68.5 Å². The summed E-state index contributed by atoms with van der Waals surface area (Å²) in [5.41, 5.74) is 6.39. The van der Waals surface area contributed by atoms with Gasteiger partial charge in [-0.3, -0.25) is 0 Å². The number of ether oxygens (including phenoxy) is 1. The number of carboxylic acid groups (broad SMARTS) is 1. The van der Waals surface area contributed by atoms with Gasteiger partial charge in [-0.25, -0.2) is 4.79 Å². The van der Waals surface area contributed by atoms with Gasteiger partial charge in [0.05, 0.1) is 0 Å². The number of aryl methyl sites for hydroxylation is 4. The molecular weight excluding hydrogens is 288 g/mol. The Bertz CT molecular complexity index is 732. The Hall–Kier alpha value is -2.29. The third kappa shape index (κ3) is 4.13. The SMILES string of the molecule is Cc1ccc(C)c(CC(Oc2cc(C)cc(C)c2C)C(=O)O)c1. The first-order chi connectivity index (χ1) is 10.8. The summed E-state index contributed by atoms with van der Waals surface area (Å²) in [4.78, 5) is 11.7. The van der Waals surface area contributed by atoms with E-state index in [1.54, 1.807) is 0 Å². The molecule has 0 aromatic heterocycles. The van der Waals surface area contributed by atoms with Gasteiger partial charge >= 0.3 is 5.97 Å². The van der Waals surface area contributed by atoms with Gasteiger partial charge in [-0.15, -0.1) is 0 Å². The van der Waals surface area contributed by atoms with Crippen molar-refractivity contribution >= 4 is 5.97 Å². The Kier molecular flexibility index (Phi) is 5.09. The second-order valence-corrected chi connectivity index (χ2v) is 6.28. The van der Waals surface area contributed by atoms with Crippen LogP contribution in [0.3, 0.4) is 0 Å². The normalized spacial score (nSPS) is 12.0. The van der Waals surface area contributed by atoms with Gasteiger partial charge in [-0.2, -0.15) is 0 Å². The van der Waals surface area contributed by atoms with Crippen molar-refractivity contribution < 1.29 is 14.6 Å². The number of aliphatic carboxylic acids is 1. The van der Waals surface area contributed by atoms with Gasteiger partial charge in [0, 0.05) is 6.42 Å². The summed E-state index contributed by atoms with van der Waals surface area (Å²) in [5, 5.41) is 9.56. The fraction of sp³-hybridized carbons (Fsp3) is 0.350. The van der Waals surface area contributed by atoms with Crippen molar-refractivity contribution in [3.8, 4) is 5.75 Å². The van der Waals surface area contributed by atoms with Gasteiger partial charge in [0.1, 0.15) is 5.75 Å². The highest BCUT2D eigenvalue weighted by atomic mass is 16.5. The number of carboxylic acids is 1. The molecule has 0 saturated carbocycles. The molecule has 1 unspecified atom stereocenters. The lowest BCUT2D eigenvalue weighted by atomic mass is 10.00. The van der Waals surface area contributed by atoms with E-state index >= 15 is 0 Å². The molecule has 122 valence electrons. The lowest BCUT2D eigenvalue weighted by molar-refractivity contribution is -0.145. The molecule has 1 N–H and O–H groups in total. The van der Waals surface area contributed by atoms with E-state index in [9.17, 15) is 9.90 Å². The van der Waals surface area contributed by atoms with Crippen LogP contribution in [0.5, 0.6) is 5.75 Å². The predicted molar refractivity (Wildman–Crippen MR) is 92.3 cm³/mol. The first kappa shape index (κ1) is 17.1. The zero-order valence-corrected chi connectivity index (χ0v) is 14.4. The topological polar surface area (TPSA) is 46.5 Å². The van der Waals surface area contributed by atoms with Crippen LogP contribution in [0.2, 0.25) is 0 Å². The third-order valence-electron chi connectivity index (χ3n) is 4.22. The second-order valence-electron chi connectivity index (χ2n) is 6.28. The minimum absolute atomic E-state index is 0.356. The lowest BCUT2D eigenvalue weighted by Gasteiger charge is -2.19. The molecule has 0 aliphatic carbocycles. The summed E-state index contributed by atoms with van der Waals surface area (Å²) in [6, 6.07) is 10.1. The largest absolute Gasteiger partial charge is 0.478 e. The molecule has 3 heteroatoms. The molecule has 0 aliphatic rings. The molecule has 0 fully saturated rings. The maximum Gasteiger partial charge on any atom is 0.345 e. The minimum Gasteiger partial charge on any atom is -0.478 e. The molecule has 0 spiro atoms. The van der Waals surface area contributed by atoms with Gasteiger partial charge < -0.3 is 9.84 Å². The van der Waals surface area contributed by atoms with Crippen molar-refractivity contribution in [3.63, 3.8) is 0 Å². The summed E-state index contributed by atoms with van der Waals surface area (Å²) in [6.07, 6.45) is -0.537. The Morgan fingerprint density at radius 2 is 1.70 bits per heavy atom. The molecular formula is C20H24O3. The van der Waals surface area contributed by atoms with Crippen molar-refractivity contribution in [2.45, 2.75) is 47.1 Å². The van der Waals surface area contributed by atoms with E-state index in [0.717, 1.165) is 33.4 Å². The Balaban J connectivity index is 2.30. The van der Waals surface area contributed by atoms with Crippen molar-refractivity contribution in [1.82, 2.24) is 0 Å². The highest BCUT2D eigenvalue weighted by molar-refractivity contribution is 5.73. The van der Waals surface area contributed by atoms with Crippen LogP contribution in [-0.2, 0) is 11.2 Å². The molecule has 0 amide bonds. The lowest BCUT2D eigenvalue weighted by Crippen LogP contribution is -2.30. The van der Waals surface area contributed by atoms with E-state index in [1.165, 1.54) is 0 Å². The van der Waals surface area contributed by atoms with E-state index in [4.69, 9.17) is 4.74 Å². The van der Waals surface area contributed by atoms with Gasteiger partial charge in [0.25, 0.3) is 0 Å². The summed E-state index contributed by atoms with van der Waals surface area (Å²) in [7, 11) is 0. The summed E-state index contributed by atoms with van der Waals surface area (Å²) >= 11 is 0. The number of benzene rings is 2. The van der Waals surface area contributed by atoms with Gasteiger partial charge in [-0.1, -0.05) is 29.8 Å². The second kappa shape index (κ2) is 6.86. The predicted octanol–water partition coefficient (Wildman–Crippen LogP) is 4.30. The Morgan fingerprint density at radius 1 is 1.00 bits per heavy atom. The van der Waals surface area contributed by atoms with Gasteiger partial charge in [0.15, 0.2) is 6.10 Å². The minimum atomic E-state index is -0.940. The van der Waals surface area contributed by atoms with Crippen molar-refractivity contribution in [2.24, 2.45) is 0 Å². The van der Waals surface area contributed by atoms with E-state index in [2.05, 4.69) is 6.07 Å². The van der Waals surface area contributed by atoms with Crippen LogP contribution >= 0.6 is 0 Å². The van der Waals surface area contributed by atoms with Crippen molar-refractivity contribution in [3.05, 3.63) is 63.7 Å². The van der Waals surface area contributed by atoms with E-state index < -0.39 is 12.1 Å². The molecule has 0 saturated heterocycles. The molecule has 0 aliphatic heterocycles. The zero-order chi connectivity index (χ0) is 17.1. The van der Waals surface area contributed by atoms with Crippen molar-refractivity contribution in [1.29, 1.82) is 0 Å². The highest BCUT2D eigenvalue weighted by Gasteiger charge is 2.22. The molecule has 2 rings (SSSR count). The molecule has 1 atom stereocenters. The number of hydrogen-bond acceptors (Lipinski definition) is 2. The maximum absolute atomic E-state index is 11.7. The summed E-state index contributed by atoms with van der Waals surface area (Å²) < 4.78 is 5.87. The Morgan fingerprint density at radius 3 is 2.35 bits per heavy atom. The van der Waals surface area contributed by atoms with E-state index in [0.29, 0.717) is 12.2 Å². The Labute approximate surface area is 137 Å². The van der Waals surface area contributed by atoms with Crippen LogP contribution in [0.1, 0.15) is 33.4 Å². The smallest absolute Gasteiger partial charge is 0.345 e. The molecule has 0 bridgehead atoms. The van der Waals surface area contributed by atoms with Crippen LogP contribution in [0.15, 0.2) is 30.3 Å². The molecule has 2 aromatic rings. The van der Waals surface area contributed by atoms with Crippen molar-refractivity contribution in [2.75, 3.05) is 0 Å². The molecule has 23 heavy (non-hydrogen) atoms. The molecule has 0 radical (unpaired) electrons. The number of rotatable bonds is 5. The summed E-state index contributed by atoms with van der Waals surface area (Å²) in [6.45, 7) is 9.96. The fourth-order valence-corrected chi connectivity index (χ4v) is 2.68. The number of carbonyl (C=O) groups is 1. The monoisotopic (exact) mass is 312 g/mol. The number of hydrogen-bond donors (Lipinski definition) is 1. The summed E-state index contributed by atoms with van der Waals surface area (Å²) in [5.74, 6) is -0.287. The standard InChI is InChI=1S/C20H24O3/c1-12-6-7-14(3)17(9-12)11-19(20(21)22)23-18-10-13(2)8-15(4)16(18)5/h6-10,19H,11H2,1-5H3,(H,21,22). The average molecular weight is 312 g/mol. The van der Waals surface area contributed by atoms with Crippen LogP contribution < -0.4 is 4.74 Å². The van der Waals surface area contributed by atoms with Crippen LogP contribution in [-0.4, -0.2) is 17.2 Å². The van der Waals surface area contributed by atoms with Gasteiger partial charge in [0.2, 0.25) is 0 Å². The first-order valence-corrected chi connectivity index (χ1v) is 7.81. The molecule has 0 heterocycles. The van der Waals surface area contributed by atoms with Crippen LogP contribution in [0.4, 0.5) is 0 Å². The average Bonchev–Trinajstić information content (AvgIpc) is 2.46. The molecule has 3 nitrogen and oxygen atoms in total. The van der Waals surface area contributed by atoms with E-state index in [-0.39, 0.29) is 0 Å². The van der Waals surface area contributed by atoms with E-state index in [1.807, 2.05) is 58.9 Å². The zero-order valence-electron chi connectivity index (χ0n) is 14.4. The first-order valence-electron chi connectivity index (χ1n) is 7.81. The van der Waals surface area contributed by atoms with Crippen LogP contribution in [0, 0.1) is 34.6 Å². The van der Waals surface area contributed by atoms with Crippen LogP contribution in [0.25, 0.3) is 0 Å². The highest BCUT2D eigenvalue weighted by Crippen LogP contribution is 2.25. The maximum atomic E-state index is 11.7. The third-order valence-corrected chi connectivity index (χ3v) is 4.22.